The number of piperidine rings is 1. The van der Waals surface area contributed by atoms with E-state index in [1.165, 1.54) is 10.8 Å². The third-order valence-electron chi connectivity index (χ3n) is 3.60. The van der Waals surface area contributed by atoms with Crippen molar-refractivity contribution in [3.8, 4) is 0 Å². The minimum Gasteiger partial charge on any atom is -0.338 e. The maximum Gasteiger partial charge on any atom is 0.230 e. The van der Waals surface area contributed by atoms with Crippen molar-refractivity contribution < 1.29 is 9.59 Å². The van der Waals surface area contributed by atoms with E-state index in [0.29, 0.717) is 19.5 Å². The number of hydrogen-bond donors (Lipinski definition) is 0. The molecule has 1 amide bonds. The Kier molecular flexibility index (Phi) is 3.03. The lowest BCUT2D eigenvalue weighted by atomic mass is 10.0. The van der Waals surface area contributed by atoms with Gasteiger partial charge in [0, 0.05) is 19.5 Å². The number of rotatable bonds is 2. The zero-order valence-electron chi connectivity index (χ0n) is 10.6. The maximum absolute atomic E-state index is 11.9. The van der Waals surface area contributed by atoms with Crippen LogP contribution in [0.25, 0.3) is 10.8 Å². The van der Waals surface area contributed by atoms with Crippen molar-refractivity contribution in [3.05, 3.63) is 48.0 Å². The van der Waals surface area contributed by atoms with E-state index < -0.39 is 0 Å². The Morgan fingerprint density at radius 3 is 2.63 bits per heavy atom. The van der Waals surface area contributed by atoms with Gasteiger partial charge in [-0.3, -0.25) is 9.59 Å². The maximum atomic E-state index is 11.9. The molecule has 1 heterocycles. The molecule has 96 valence electrons. The van der Waals surface area contributed by atoms with E-state index in [9.17, 15) is 9.59 Å². The smallest absolute Gasteiger partial charge is 0.230 e. The molecule has 0 unspecified atom stereocenters. The topological polar surface area (TPSA) is 37.4 Å². The summed E-state index contributed by atoms with van der Waals surface area (Å²) in [5.74, 6) is 0.00311. The zero-order valence-corrected chi connectivity index (χ0v) is 10.6. The highest BCUT2D eigenvalue weighted by molar-refractivity contribution is 6.00. The van der Waals surface area contributed by atoms with Crippen molar-refractivity contribution in [2.24, 2.45) is 0 Å². The predicted molar refractivity (Wildman–Crippen MR) is 73.6 cm³/mol. The molecule has 0 aliphatic carbocycles. The van der Waals surface area contributed by atoms with Gasteiger partial charge in [0.05, 0.1) is 6.42 Å². The number of nitrogens with zero attached hydrogens (tertiary/aromatic N) is 1. The molecule has 1 aliphatic rings. The van der Waals surface area contributed by atoms with Gasteiger partial charge in [0.25, 0.3) is 0 Å². The van der Waals surface area contributed by atoms with Gasteiger partial charge >= 0.3 is 0 Å². The minimum absolute atomic E-state index is 0.0517. The van der Waals surface area contributed by atoms with Crippen LogP contribution in [0.4, 0.5) is 0 Å². The Balaban J connectivity index is 1.89. The fourth-order valence-electron chi connectivity index (χ4n) is 2.56. The fourth-order valence-corrected chi connectivity index (χ4v) is 2.56. The SMILES string of the molecule is O=C1CCN(Cc2cccc3ccccc23)C(=O)C1. The van der Waals surface area contributed by atoms with E-state index in [-0.39, 0.29) is 18.1 Å². The molecule has 2 aromatic rings. The summed E-state index contributed by atoms with van der Waals surface area (Å²) >= 11 is 0. The van der Waals surface area contributed by atoms with Gasteiger partial charge in [-0.2, -0.15) is 0 Å². The normalized spacial score (nSPS) is 16.1. The lowest BCUT2D eigenvalue weighted by Crippen LogP contribution is -2.38. The minimum atomic E-state index is -0.0517. The Morgan fingerprint density at radius 1 is 1.00 bits per heavy atom. The van der Waals surface area contributed by atoms with Crippen LogP contribution >= 0.6 is 0 Å². The van der Waals surface area contributed by atoms with Crippen LogP contribution in [0.1, 0.15) is 18.4 Å². The molecular weight excluding hydrogens is 238 g/mol. The van der Waals surface area contributed by atoms with E-state index in [2.05, 4.69) is 18.2 Å². The first kappa shape index (κ1) is 11.9. The zero-order chi connectivity index (χ0) is 13.2. The molecule has 3 heteroatoms. The standard InChI is InChI=1S/C16H15NO2/c18-14-8-9-17(16(19)10-14)11-13-6-3-5-12-4-1-2-7-15(12)13/h1-7H,8-11H2. The lowest BCUT2D eigenvalue weighted by molar-refractivity contribution is -0.139. The lowest BCUT2D eigenvalue weighted by Gasteiger charge is -2.26. The van der Waals surface area contributed by atoms with Gasteiger partial charge in [-0.1, -0.05) is 42.5 Å². The average Bonchev–Trinajstić information content (AvgIpc) is 2.42. The average molecular weight is 253 g/mol. The van der Waals surface area contributed by atoms with Gasteiger partial charge < -0.3 is 4.90 Å². The van der Waals surface area contributed by atoms with E-state index >= 15 is 0 Å². The van der Waals surface area contributed by atoms with Gasteiger partial charge in [-0.15, -0.1) is 0 Å². The molecule has 19 heavy (non-hydrogen) atoms. The van der Waals surface area contributed by atoms with E-state index in [1.54, 1.807) is 4.90 Å². The van der Waals surface area contributed by atoms with Crippen LogP contribution in [0.5, 0.6) is 0 Å². The second-order valence-corrected chi connectivity index (χ2v) is 4.92. The van der Waals surface area contributed by atoms with Crippen LogP contribution in [-0.4, -0.2) is 23.1 Å². The van der Waals surface area contributed by atoms with Crippen molar-refractivity contribution in [3.63, 3.8) is 0 Å². The summed E-state index contributed by atoms with van der Waals surface area (Å²) in [6, 6.07) is 14.3. The van der Waals surface area contributed by atoms with E-state index in [0.717, 1.165) is 5.56 Å². The fraction of sp³-hybridized carbons (Fsp3) is 0.250. The van der Waals surface area contributed by atoms with Gasteiger partial charge in [0.2, 0.25) is 5.91 Å². The van der Waals surface area contributed by atoms with Crippen LogP contribution in [0.15, 0.2) is 42.5 Å². The molecule has 0 aromatic heterocycles. The molecule has 3 nitrogen and oxygen atoms in total. The summed E-state index contributed by atoms with van der Waals surface area (Å²) in [7, 11) is 0. The Hall–Kier alpha value is -2.16. The Morgan fingerprint density at radius 2 is 1.79 bits per heavy atom. The van der Waals surface area contributed by atoms with Crippen molar-refractivity contribution in [2.75, 3.05) is 6.54 Å². The first-order valence-corrected chi connectivity index (χ1v) is 6.50. The highest BCUT2D eigenvalue weighted by atomic mass is 16.2. The third kappa shape index (κ3) is 2.36. The summed E-state index contributed by atoms with van der Waals surface area (Å²) in [6.45, 7) is 1.13. The molecule has 0 radical (unpaired) electrons. The third-order valence-corrected chi connectivity index (χ3v) is 3.60. The molecule has 1 aliphatic heterocycles. The Bertz CT molecular complexity index is 643. The number of benzene rings is 2. The van der Waals surface area contributed by atoms with Crippen molar-refractivity contribution in [2.45, 2.75) is 19.4 Å². The van der Waals surface area contributed by atoms with Crippen molar-refractivity contribution in [1.29, 1.82) is 0 Å². The van der Waals surface area contributed by atoms with Crippen LogP contribution in [0.2, 0.25) is 0 Å². The van der Waals surface area contributed by atoms with Crippen molar-refractivity contribution in [1.82, 2.24) is 4.90 Å². The highest BCUT2D eigenvalue weighted by Gasteiger charge is 2.23. The number of carbonyl (C=O) groups excluding carboxylic acids is 2. The number of likely N-dealkylation sites (tertiary alicyclic amines) is 1. The Labute approximate surface area is 111 Å². The number of carbonyl (C=O) groups is 2. The summed E-state index contributed by atoms with van der Waals surface area (Å²) in [5, 5.41) is 2.36. The number of Topliss-reactive ketones (excluding diaryl/α,β-unsaturated/α-hetero) is 1. The predicted octanol–water partition coefficient (Wildman–Crippen LogP) is 2.53. The second-order valence-electron chi connectivity index (χ2n) is 4.92. The molecule has 0 bridgehead atoms. The first-order valence-electron chi connectivity index (χ1n) is 6.50. The van der Waals surface area contributed by atoms with Crippen LogP contribution in [-0.2, 0) is 16.1 Å². The van der Waals surface area contributed by atoms with Gasteiger partial charge in [0.1, 0.15) is 5.78 Å². The summed E-state index contributed by atoms with van der Waals surface area (Å²) in [6.07, 6.45) is 0.543. The molecule has 0 spiro atoms. The molecule has 0 N–H and O–H groups in total. The molecule has 1 fully saturated rings. The van der Waals surface area contributed by atoms with E-state index in [4.69, 9.17) is 0 Å². The summed E-state index contributed by atoms with van der Waals surface area (Å²) in [5.41, 5.74) is 1.14. The molecule has 1 saturated heterocycles. The number of fused-ring (bicyclic) bond motifs is 1. The summed E-state index contributed by atoms with van der Waals surface area (Å²) < 4.78 is 0. The monoisotopic (exact) mass is 253 g/mol. The summed E-state index contributed by atoms with van der Waals surface area (Å²) in [4.78, 5) is 24.9. The number of amides is 1. The van der Waals surface area contributed by atoms with Crippen LogP contribution < -0.4 is 0 Å². The van der Waals surface area contributed by atoms with E-state index in [1.807, 2.05) is 24.3 Å². The molecule has 3 rings (SSSR count). The highest BCUT2D eigenvalue weighted by Crippen LogP contribution is 2.21. The second kappa shape index (κ2) is 4.84. The first-order chi connectivity index (χ1) is 9.24. The molecular formula is C16H15NO2. The van der Waals surface area contributed by atoms with Crippen molar-refractivity contribution >= 4 is 22.5 Å². The quantitative estimate of drug-likeness (QED) is 0.771. The van der Waals surface area contributed by atoms with Gasteiger partial charge in [-0.25, -0.2) is 0 Å². The number of ketones is 1. The van der Waals surface area contributed by atoms with Gasteiger partial charge in [-0.05, 0) is 16.3 Å². The molecule has 0 saturated carbocycles. The molecule has 2 aromatic carbocycles. The van der Waals surface area contributed by atoms with Crippen LogP contribution in [0, 0.1) is 0 Å². The number of hydrogen-bond acceptors (Lipinski definition) is 2. The van der Waals surface area contributed by atoms with Gasteiger partial charge in [0.15, 0.2) is 0 Å². The van der Waals surface area contributed by atoms with Crippen LogP contribution in [0.3, 0.4) is 0 Å². The largest absolute Gasteiger partial charge is 0.338 e. The molecule has 0 atom stereocenters.